The molecule has 0 aliphatic heterocycles. The van der Waals surface area contributed by atoms with E-state index in [9.17, 15) is 14.4 Å². The van der Waals surface area contributed by atoms with Gasteiger partial charge in [-0.15, -0.1) is 0 Å². The van der Waals surface area contributed by atoms with E-state index in [1.165, 1.54) is 89.9 Å². The third kappa shape index (κ3) is 58.6. The highest BCUT2D eigenvalue weighted by Crippen LogP contribution is 2.15. The number of allylic oxidation sites excluding steroid dienone is 20. The summed E-state index contributed by atoms with van der Waals surface area (Å²) in [7, 11) is 0. The van der Waals surface area contributed by atoms with Crippen LogP contribution in [0, 0.1) is 0 Å². The average molecular weight is 1010 g/mol. The van der Waals surface area contributed by atoms with Crippen LogP contribution in [-0.2, 0) is 28.6 Å². The minimum absolute atomic E-state index is 0.0935. The predicted octanol–water partition coefficient (Wildman–Crippen LogP) is 20.4. The van der Waals surface area contributed by atoms with Crippen LogP contribution in [0.3, 0.4) is 0 Å². The van der Waals surface area contributed by atoms with Crippen molar-refractivity contribution in [1.29, 1.82) is 0 Å². The molecular weight excluding hydrogens is 901 g/mol. The van der Waals surface area contributed by atoms with Crippen LogP contribution >= 0.6 is 0 Å². The SMILES string of the molecule is CC/C=C\C/C=C\C/C=C\C/C=C\C/C=C\C/C=C\C/C=C\CCCCCC(=O)OCC(COC(=O)CCCCCCCCCCCCCCC)OC(=O)CCCCCCCCC/C=C\C/C=C\C/C=C\CC. The van der Waals surface area contributed by atoms with Gasteiger partial charge in [0.25, 0.3) is 0 Å². The second-order valence-electron chi connectivity index (χ2n) is 19.5. The van der Waals surface area contributed by atoms with E-state index in [0.717, 1.165) is 135 Å². The van der Waals surface area contributed by atoms with Crippen LogP contribution in [0.2, 0.25) is 0 Å². The summed E-state index contributed by atoms with van der Waals surface area (Å²) in [6, 6.07) is 0. The Morgan fingerprint density at radius 3 is 0.849 bits per heavy atom. The summed E-state index contributed by atoms with van der Waals surface area (Å²) in [5.41, 5.74) is 0. The van der Waals surface area contributed by atoms with Gasteiger partial charge in [-0.2, -0.15) is 0 Å². The van der Waals surface area contributed by atoms with Gasteiger partial charge in [0.05, 0.1) is 0 Å². The number of hydrogen-bond acceptors (Lipinski definition) is 6. The number of esters is 3. The number of ether oxygens (including phenoxy) is 3. The molecule has 0 aliphatic carbocycles. The molecule has 0 aliphatic rings. The van der Waals surface area contributed by atoms with Crippen LogP contribution < -0.4 is 0 Å². The van der Waals surface area contributed by atoms with Crippen molar-refractivity contribution in [2.45, 2.75) is 271 Å². The summed E-state index contributed by atoms with van der Waals surface area (Å²) in [5.74, 6) is -0.936. The third-order valence-electron chi connectivity index (χ3n) is 12.5. The zero-order valence-electron chi connectivity index (χ0n) is 47.4. The van der Waals surface area contributed by atoms with Crippen molar-refractivity contribution in [1.82, 2.24) is 0 Å². The first-order chi connectivity index (χ1) is 36.0. The second-order valence-corrected chi connectivity index (χ2v) is 19.5. The molecular formula is C67H110O6. The standard InChI is InChI=1S/C67H110O6/c1-4-7-10-13-16-19-22-25-27-29-30-31-32-33-34-35-36-38-39-42-45-48-51-54-57-60-66(69)72-63-64(62-71-65(68)59-56-53-50-47-44-41-24-21-18-15-12-9-6-3)73-67(70)61-58-55-52-49-46-43-40-37-28-26-23-20-17-14-11-8-5-2/h7-8,10-11,16-17,19-20,25-28,30-31,33-34,36,38,42,45,64H,4-6,9,12-15,18,21-24,29,32,35,37,39-41,43-44,46-63H2,1-3H3/b10-7-,11-8-,19-16-,20-17-,27-25-,28-26-,31-30-,34-33-,38-36-,45-42-. The highest BCUT2D eigenvalue weighted by Gasteiger charge is 2.19. The molecule has 0 amide bonds. The van der Waals surface area contributed by atoms with Crippen molar-refractivity contribution >= 4 is 17.9 Å². The van der Waals surface area contributed by atoms with Crippen molar-refractivity contribution in [3.05, 3.63) is 122 Å². The monoisotopic (exact) mass is 1010 g/mol. The molecule has 0 rings (SSSR count). The lowest BCUT2D eigenvalue weighted by molar-refractivity contribution is -0.167. The van der Waals surface area contributed by atoms with Gasteiger partial charge in [0.1, 0.15) is 13.2 Å². The summed E-state index contributed by atoms with van der Waals surface area (Å²) < 4.78 is 16.9. The fourth-order valence-electron chi connectivity index (χ4n) is 8.03. The molecule has 0 aromatic rings. The molecule has 0 bridgehead atoms. The maximum atomic E-state index is 12.9. The fourth-order valence-corrected chi connectivity index (χ4v) is 8.03. The van der Waals surface area contributed by atoms with Gasteiger partial charge < -0.3 is 14.2 Å². The Morgan fingerprint density at radius 2 is 0.534 bits per heavy atom. The molecule has 6 heteroatoms. The zero-order chi connectivity index (χ0) is 52.9. The molecule has 1 unspecified atom stereocenters. The van der Waals surface area contributed by atoms with Crippen LogP contribution in [0.15, 0.2) is 122 Å². The van der Waals surface area contributed by atoms with Gasteiger partial charge >= 0.3 is 17.9 Å². The van der Waals surface area contributed by atoms with Crippen LogP contribution in [-0.4, -0.2) is 37.2 Å². The summed E-state index contributed by atoms with van der Waals surface area (Å²) in [6.45, 7) is 6.38. The Balaban J connectivity index is 4.44. The van der Waals surface area contributed by atoms with E-state index in [1.54, 1.807) is 0 Å². The van der Waals surface area contributed by atoms with Gasteiger partial charge in [-0.1, -0.05) is 258 Å². The quantitative estimate of drug-likeness (QED) is 0.0261. The highest BCUT2D eigenvalue weighted by atomic mass is 16.6. The number of rotatable bonds is 53. The molecule has 0 fully saturated rings. The Morgan fingerprint density at radius 1 is 0.288 bits per heavy atom. The molecule has 0 heterocycles. The third-order valence-corrected chi connectivity index (χ3v) is 12.5. The molecule has 0 saturated carbocycles. The van der Waals surface area contributed by atoms with Crippen molar-refractivity contribution in [3.8, 4) is 0 Å². The van der Waals surface area contributed by atoms with Crippen LogP contribution in [0.4, 0.5) is 0 Å². The number of unbranched alkanes of at least 4 members (excludes halogenated alkanes) is 22. The van der Waals surface area contributed by atoms with E-state index < -0.39 is 6.10 Å². The fraction of sp³-hybridized carbons (Fsp3) is 0.657. The van der Waals surface area contributed by atoms with E-state index in [-0.39, 0.29) is 31.1 Å². The number of carbonyl (C=O) groups excluding carboxylic acids is 3. The van der Waals surface area contributed by atoms with Crippen LogP contribution in [0.25, 0.3) is 0 Å². The lowest BCUT2D eigenvalue weighted by Gasteiger charge is -2.18. The summed E-state index contributed by atoms with van der Waals surface area (Å²) in [5, 5.41) is 0. The van der Waals surface area contributed by atoms with Crippen LogP contribution in [0.5, 0.6) is 0 Å². The van der Waals surface area contributed by atoms with Gasteiger partial charge in [0.2, 0.25) is 0 Å². The van der Waals surface area contributed by atoms with Crippen molar-refractivity contribution in [2.24, 2.45) is 0 Å². The first-order valence-corrected chi connectivity index (χ1v) is 30.0. The Labute approximate surface area is 450 Å². The van der Waals surface area contributed by atoms with Crippen molar-refractivity contribution < 1.29 is 28.6 Å². The molecule has 414 valence electrons. The van der Waals surface area contributed by atoms with E-state index in [1.807, 2.05) is 0 Å². The highest BCUT2D eigenvalue weighted by molar-refractivity contribution is 5.71. The van der Waals surface area contributed by atoms with Gasteiger partial charge in [-0.05, 0) is 109 Å². The molecule has 1 atom stereocenters. The normalized spacial score (nSPS) is 13.0. The first kappa shape index (κ1) is 68.8. The Bertz CT molecular complexity index is 1540. The van der Waals surface area contributed by atoms with E-state index in [0.29, 0.717) is 19.3 Å². The second kappa shape index (κ2) is 60.4. The Kier molecular flexibility index (Phi) is 56.9. The first-order valence-electron chi connectivity index (χ1n) is 30.0. The summed E-state index contributed by atoms with van der Waals surface area (Å²) in [6.07, 6.45) is 83.3. The molecule has 0 spiro atoms. The average Bonchev–Trinajstić information content (AvgIpc) is 3.39. The van der Waals surface area contributed by atoms with E-state index in [2.05, 4.69) is 142 Å². The van der Waals surface area contributed by atoms with Gasteiger partial charge in [0, 0.05) is 19.3 Å². The predicted molar refractivity (Wildman–Crippen MR) is 316 cm³/mol. The smallest absolute Gasteiger partial charge is 0.306 e. The van der Waals surface area contributed by atoms with E-state index >= 15 is 0 Å². The molecule has 73 heavy (non-hydrogen) atoms. The number of carbonyl (C=O) groups is 3. The van der Waals surface area contributed by atoms with E-state index in [4.69, 9.17) is 14.2 Å². The summed E-state index contributed by atoms with van der Waals surface area (Å²) >= 11 is 0. The van der Waals surface area contributed by atoms with Gasteiger partial charge in [-0.25, -0.2) is 0 Å². The maximum absolute atomic E-state index is 12.9. The topological polar surface area (TPSA) is 78.9 Å². The minimum Gasteiger partial charge on any atom is -0.462 e. The largest absolute Gasteiger partial charge is 0.462 e. The molecule has 0 aromatic carbocycles. The van der Waals surface area contributed by atoms with Crippen molar-refractivity contribution in [3.63, 3.8) is 0 Å². The summed E-state index contributed by atoms with van der Waals surface area (Å²) in [4.78, 5) is 38.2. The lowest BCUT2D eigenvalue weighted by Crippen LogP contribution is -2.30. The lowest BCUT2D eigenvalue weighted by atomic mass is 10.0. The molecule has 0 aromatic heterocycles. The molecule has 0 saturated heterocycles. The van der Waals surface area contributed by atoms with Crippen molar-refractivity contribution in [2.75, 3.05) is 13.2 Å². The molecule has 6 nitrogen and oxygen atoms in total. The van der Waals surface area contributed by atoms with Gasteiger partial charge in [-0.3, -0.25) is 14.4 Å². The molecule has 0 radical (unpaired) electrons. The van der Waals surface area contributed by atoms with Crippen LogP contribution in [0.1, 0.15) is 265 Å². The Hall–Kier alpha value is -4.19. The zero-order valence-corrected chi connectivity index (χ0v) is 47.4. The van der Waals surface area contributed by atoms with Gasteiger partial charge in [0.15, 0.2) is 6.10 Å². The molecule has 0 N–H and O–H groups in total. The minimum atomic E-state index is -0.800. The maximum Gasteiger partial charge on any atom is 0.306 e. The number of hydrogen-bond donors (Lipinski definition) is 0.